The molecule has 1 fully saturated rings. The highest BCUT2D eigenvalue weighted by atomic mass is 16.6. The largest absolute Gasteiger partial charge is 0.494 e. The summed E-state index contributed by atoms with van der Waals surface area (Å²) in [5, 5.41) is 0. The molecule has 0 aromatic heterocycles. The van der Waals surface area contributed by atoms with Crippen molar-refractivity contribution in [3.8, 4) is 11.5 Å². The number of benzene rings is 2. The first-order chi connectivity index (χ1) is 13.2. The fourth-order valence-corrected chi connectivity index (χ4v) is 3.25. The van der Waals surface area contributed by atoms with E-state index in [4.69, 9.17) is 14.2 Å². The lowest BCUT2D eigenvalue weighted by atomic mass is 9.78. The summed E-state index contributed by atoms with van der Waals surface area (Å²) in [4.78, 5) is 0. The van der Waals surface area contributed by atoms with E-state index in [-0.39, 0.29) is 11.5 Å². The molecule has 1 saturated heterocycles. The normalized spacial score (nSPS) is 16.7. The molecule has 0 amide bonds. The molecule has 3 rings (SSSR count). The van der Waals surface area contributed by atoms with Crippen LogP contribution in [0.5, 0.6) is 11.5 Å². The van der Waals surface area contributed by atoms with E-state index in [1.807, 2.05) is 12.1 Å². The Morgan fingerprint density at radius 3 is 1.79 bits per heavy atom. The maximum absolute atomic E-state index is 5.92. The van der Waals surface area contributed by atoms with Gasteiger partial charge in [-0.1, -0.05) is 58.9 Å². The first-order valence-corrected chi connectivity index (χ1v) is 10.3. The maximum Gasteiger partial charge on any atom is 0.119 e. The van der Waals surface area contributed by atoms with Crippen LogP contribution in [-0.4, -0.2) is 25.9 Å². The molecule has 0 saturated carbocycles. The summed E-state index contributed by atoms with van der Waals surface area (Å²) in [6, 6.07) is 16.9. The molecule has 0 spiro atoms. The molecule has 3 nitrogen and oxygen atoms in total. The lowest BCUT2D eigenvalue weighted by Crippen LogP contribution is -2.18. The zero-order chi connectivity index (χ0) is 20.2. The van der Waals surface area contributed by atoms with Crippen molar-refractivity contribution >= 4 is 0 Å². The Labute approximate surface area is 170 Å². The van der Waals surface area contributed by atoms with Crippen LogP contribution in [0.15, 0.2) is 48.5 Å². The van der Waals surface area contributed by atoms with Crippen molar-refractivity contribution in [1.29, 1.82) is 0 Å². The van der Waals surface area contributed by atoms with Gasteiger partial charge in [-0.2, -0.15) is 0 Å². The highest BCUT2D eigenvalue weighted by Crippen LogP contribution is 2.33. The van der Waals surface area contributed by atoms with Gasteiger partial charge in [0.05, 0.1) is 13.2 Å². The minimum absolute atomic E-state index is 0.0805. The van der Waals surface area contributed by atoms with Gasteiger partial charge in [-0.3, -0.25) is 0 Å². The van der Waals surface area contributed by atoms with Crippen molar-refractivity contribution in [2.24, 2.45) is 5.41 Å². The lowest BCUT2D eigenvalue weighted by Gasteiger charge is -2.26. The third-order valence-electron chi connectivity index (χ3n) is 5.33. The number of ether oxygens (including phenoxy) is 3. The van der Waals surface area contributed by atoms with Crippen LogP contribution in [0.1, 0.15) is 58.6 Å². The van der Waals surface area contributed by atoms with Gasteiger partial charge in [-0.05, 0) is 53.6 Å². The molecule has 28 heavy (non-hydrogen) atoms. The molecule has 3 heteroatoms. The lowest BCUT2D eigenvalue weighted by molar-refractivity contribution is 0.263. The molecule has 152 valence electrons. The van der Waals surface area contributed by atoms with Gasteiger partial charge in [0.1, 0.15) is 24.2 Å². The van der Waals surface area contributed by atoms with Crippen LogP contribution in [-0.2, 0) is 10.2 Å². The second-order valence-electron chi connectivity index (χ2n) is 9.45. The molecule has 0 bridgehead atoms. The van der Waals surface area contributed by atoms with Crippen molar-refractivity contribution in [3.05, 3.63) is 59.7 Å². The van der Waals surface area contributed by atoms with Crippen LogP contribution in [0, 0.1) is 5.41 Å². The molecule has 1 atom stereocenters. The standard InChI is InChI=1S/C25H34O3/c1-24(2,3)15-6-16-26-21-11-7-19(8-12-21)25(4,5)20-9-13-22(14-10-20)27-17-23-18-28-23/h7-14,23H,6,15-18H2,1-5H3. The molecular formula is C25H34O3. The molecule has 1 aliphatic rings. The predicted molar refractivity (Wildman–Crippen MR) is 114 cm³/mol. The third-order valence-corrected chi connectivity index (χ3v) is 5.33. The highest BCUT2D eigenvalue weighted by Gasteiger charge is 2.24. The minimum Gasteiger partial charge on any atom is -0.494 e. The zero-order valence-electron chi connectivity index (χ0n) is 18.0. The van der Waals surface area contributed by atoms with Crippen molar-refractivity contribution in [3.63, 3.8) is 0 Å². The number of epoxide rings is 1. The molecule has 0 N–H and O–H groups in total. The van der Waals surface area contributed by atoms with Gasteiger partial charge >= 0.3 is 0 Å². The van der Waals surface area contributed by atoms with E-state index in [1.165, 1.54) is 17.5 Å². The zero-order valence-corrected chi connectivity index (χ0v) is 18.0. The van der Waals surface area contributed by atoms with Gasteiger partial charge in [0.2, 0.25) is 0 Å². The number of hydrogen-bond acceptors (Lipinski definition) is 3. The van der Waals surface area contributed by atoms with Crippen LogP contribution < -0.4 is 9.47 Å². The third kappa shape index (κ3) is 6.00. The van der Waals surface area contributed by atoms with Crippen LogP contribution >= 0.6 is 0 Å². The molecule has 1 aliphatic heterocycles. The van der Waals surface area contributed by atoms with Crippen LogP contribution in [0.2, 0.25) is 0 Å². The van der Waals surface area contributed by atoms with E-state index in [1.54, 1.807) is 0 Å². The summed E-state index contributed by atoms with van der Waals surface area (Å²) >= 11 is 0. The van der Waals surface area contributed by atoms with E-state index in [2.05, 4.69) is 71.0 Å². The molecule has 2 aromatic rings. The average Bonchev–Trinajstić information content (AvgIpc) is 3.48. The van der Waals surface area contributed by atoms with Crippen LogP contribution in [0.4, 0.5) is 0 Å². The molecular weight excluding hydrogens is 348 g/mol. The fraction of sp³-hybridized carbons (Fsp3) is 0.520. The van der Waals surface area contributed by atoms with Crippen molar-refractivity contribution in [2.75, 3.05) is 19.8 Å². The topological polar surface area (TPSA) is 31.0 Å². The van der Waals surface area contributed by atoms with E-state index < -0.39 is 0 Å². The Morgan fingerprint density at radius 2 is 1.32 bits per heavy atom. The molecule has 1 heterocycles. The minimum atomic E-state index is -0.0805. The van der Waals surface area contributed by atoms with E-state index in [0.717, 1.165) is 31.1 Å². The van der Waals surface area contributed by atoms with Crippen molar-refractivity contribution in [1.82, 2.24) is 0 Å². The fourth-order valence-electron chi connectivity index (χ4n) is 3.25. The highest BCUT2D eigenvalue weighted by molar-refractivity contribution is 5.41. The molecule has 1 unspecified atom stereocenters. The number of hydrogen-bond donors (Lipinski definition) is 0. The van der Waals surface area contributed by atoms with Crippen LogP contribution in [0.3, 0.4) is 0 Å². The van der Waals surface area contributed by atoms with Crippen LogP contribution in [0.25, 0.3) is 0 Å². The summed E-state index contributed by atoms with van der Waals surface area (Å²) in [6.07, 6.45) is 2.54. The smallest absolute Gasteiger partial charge is 0.119 e. The quantitative estimate of drug-likeness (QED) is 0.394. The molecule has 0 radical (unpaired) electrons. The second-order valence-corrected chi connectivity index (χ2v) is 9.45. The van der Waals surface area contributed by atoms with E-state index in [9.17, 15) is 0 Å². The monoisotopic (exact) mass is 382 g/mol. The predicted octanol–water partition coefficient (Wildman–Crippen LogP) is 6.00. The van der Waals surface area contributed by atoms with Gasteiger partial charge in [0, 0.05) is 5.41 Å². The Hall–Kier alpha value is -2.00. The van der Waals surface area contributed by atoms with Gasteiger partial charge in [-0.15, -0.1) is 0 Å². The Balaban J connectivity index is 1.56. The summed E-state index contributed by atoms with van der Waals surface area (Å²) in [5.41, 5.74) is 2.82. The first kappa shape index (κ1) is 20.7. The second kappa shape index (κ2) is 8.57. The molecule has 2 aromatic carbocycles. The van der Waals surface area contributed by atoms with Gasteiger partial charge in [0.15, 0.2) is 0 Å². The van der Waals surface area contributed by atoms with E-state index in [0.29, 0.717) is 12.0 Å². The summed E-state index contributed by atoms with van der Waals surface area (Å²) in [6.45, 7) is 13.5. The van der Waals surface area contributed by atoms with Gasteiger partial charge < -0.3 is 14.2 Å². The average molecular weight is 383 g/mol. The van der Waals surface area contributed by atoms with Gasteiger partial charge in [0.25, 0.3) is 0 Å². The van der Waals surface area contributed by atoms with Crippen molar-refractivity contribution < 1.29 is 14.2 Å². The number of rotatable bonds is 9. The summed E-state index contributed by atoms with van der Waals surface area (Å²) in [7, 11) is 0. The Kier molecular flexibility index (Phi) is 6.34. The maximum atomic E-state index is 5.92. The van der Waals surface area contributed by atoms with Crippen molar-refractivity contribution in [2.45, 2.75) is 59.0 Å². The summed E-state index contributed by atoms with van der Waals surface area (Å²) in [5.74, 6) is 1.84. The first-order valence-electron chi connectivity index (χ1n) is 10.3. The Morgan fingerprint density at radius 1 is 0.821 bits per heavy atom. The van der Waals surface area contributed by atoms with E-state index >= 15 is 0 Å². The molecule has 0 aliphatic carbocycles. The Bertz CT molecular complexity index is 735. The van der Waals surface area contributed by atoms with Gasteiger partial charge in [-0.25, -0.2) is 0 Å². The SMILES string of the molecule is CC(C)(C)CCCOc1ccc(C(C)(C)c2ccc(OCC3CO3)cc2)cc1. The summed E-state index contributed by atoms with van der Waals surface area (Å²) < 4.78 is 16.8.